The Morgan fingerprint density at radius 2 is 2.06 bits per heavy atom. The normalized spacial score (nSPS) is 14.9. The topological polar surface area (TPSA) is 26.3 Å². The van der Waals surface area contributed by atoms with E-state index in [-0.39, 0.29) is 11.9 Å². The van der Waals surface area contributed by atoms with Gasteiger partial charge in [0, 0.05) is 0 Å². The van der Waals surface area contributed by atoms with Gasteiger partial charge in [0.05, 0.1) is 11.7 Å². The van der Waals surface area contributed by atoms with Crippen LogP contribution in [-0.4, -0.2) is 11.9 Å². The van der Waals surface area contributed by atoms with Gasteiger partial charge in [-0.2, -0.15) is 0 Å². The average Bonchev–Trinajstić information content (AvgIpc) is 2.81. The fraction of sp³-hybridized carbons (Fsp3) is 0.400. The van der Waals surface area contributed by atoms with Crippen LogP contribution in [-0.2, 0) is 0 Å². The van der Waals surface area contributed by atoms with Gasteiger partial charge >= 0.3 is 0 Å². The first-order valence-electron chi connectivity index (χ1n) is 6.18. The molecule has 0 amide bonds. The van der Waals surface area contributed by atoms with Crippen molar-refractivity contribution in [2.24, 2.45) is 0 Å². The predicted octanol–water partition coefficient (Wildman–Crippen LogP) is 3.77. The molecule has 0 saturated heterocycles. The van der Waals surface area contributed by atoms with E-state index in [1.54, 1.807) is 0 Å². The molecule has 0 unspecified atom stereocenters. The average molecular weight is 230 g/mol. The molecule has 0 heterocycles. The van der Waals surface area contributed by atoms with Crippen molar-refractivity contribution in [3.8, 4) is 5.75 Å². The third-order valence-corrected chi connectivity index (χ3v) is 2.83. The van der Waals surface area contributed by atoms with Crippen LogP contribution in [0.25, 0.3) is 0 Å². The van der Waals surface area contributed by atoms with Crippen molar-refractivity contribution in [2.75, 3.05) is 0 Å². The Morgan fingerprint density at radius 3 is 2.71 bits per heavy atom. The van der Waals surface area contributed by atoms with Gasteiger partial charge in [0.25, 0.3) is 0 Å². The largest absolute Gasteiger partial charge is 0.490 e. The van der Waals surface area contributed by atoms with E-state index in [0.29, 0.717) is 11.3 Å². The number of carbonyl (C=O) groups is 1. The first kappa shape index (κ1) is 11.9. The lowest BCUT2D eigenvalue weighted by Crippen LogP contribution is -2.10. The summed E-state index contributed by atoms with van der Waals surface area (Å²) in [6.45, 7) is 3.94. The number of benzene rings is 1. The van der Waals surface area contributed by atoms with E-state index in [0.717, 1.165) is 24.8 Å². The monoisotopic (exact) mass is 230 g/mol. The number of para-hydroxylation sites is 1. The van der Waals surface area contributed by atoms with E-state index in [1.165, 1.54) is 0 Å². The highest BCUT2D eigenvalue weighted by Gasteiger charge is 2.19. The highest BCUT2D eigenvalue weighted by molar-refractivity contribution is 6.10. The van der Waals surface area contributed by atoms with E-state index in [9.17, 15) is 4.79 Å². The molecule has 0 fully saturated rings. The van der Waals surface area contributed by atoms with Crippen molar-refractivity contribution in [3.63, 3.8) is 0 Å². The van der Waals surface area contributed by atoms with Gasteiger partial charge in [0.15, 0.2) is 5.78 Å². The van der Waals surface area contributed by atoms with Crippen LogP contribution < -0.4 is 4.74 Å². The maximum atomic E-state index is 12.3. The Balaban J connectivity index is 2.27. The molecule has 2 rings (SSSR count). The molecule has 2 heteroatoms. The fourth-order valence-corrected chi connectivity index (χ4v) is 2.06. The lowest BCUT2D eigenvalue weighted by atomic mass is 10.0. The van der Waals surface area contributed by atoms with Crippen LogP contribution in [0.2, 0.25) is 0 Å². The molecule has 0 atom stereocenters. The number of ketones is 1. The van der Waals surface area contributed by atoms with Crippen molar-refractivity contribution in [1.29, 1.82) is 0 Å². The highest BCUT2D eigenvalue weighted by Crippen LogP contribution is 2.27. The first-order chi connectivity index (χ1) is 8.18. The molecule has 0 radical (unpaired) electrons. The van der Waals surface area contributed by atoms with Gasteiger partial charge < -0.3 is 4.74 Å². The van der Waals surface area contributed by atoms with Crippen LogP contribution in [0.4, 0.5) is 0 Å². The number of Topliss-reactive ketones (excluding diaryl/α,β-unsaturated/α-hetero) is 1. The fourth-order valence-electron chi connectivity index (χ4n) is 2.06. The maximum Gasteiger partial charge on any atom is 0.192 e. The van der Waals surface area contributed by atoms with Crippen LogP contribution >= 0.6 is 0 Å². The summed E-state index contributed by atoms with van der Waals surface area (Å²) in [6.07, 6.45) is 5.15. The van der Waals surface area contributed by atoms with E-state index in [1.807, 2.05) is 38.1 Å². The third kappa shape index (κ3) is 2.76. The molecular weight excluding hydrogens is 212 g/mol. The van der Waals surface area contributed by atoms with Gasteiger partial charge in [-0.05, 0) is 50.8 Å². The molecule has 0 aromatic heterocycles. The van der Waals surface area contributed by atoms with Gasteiger partial charge in [-0.25, -0.2) is 0 Å². The van der Waals surface area contributed by atoms with Crippen LogP contribution in [0.15, 0.2) is 35.9 Å². The number of hydrogen-bond acceptors (Lipinski definition) is 2. The second-order valence-electron chi connectivity index (χ2n) is 4.61. The Kier molecular flexibility index (Phi) is 3.62. The summed E-state index contributed by atoms with van der Waals surface area (Å²) in [5.74, 6) is 0.819. The smallest absolute Gasteiger partial charge is 0.192 e. The summed E-state index contributed by atoms with van der Waals surface area (Å²) in [7, 11) is 0. The van der Waals surface area contributed by atoms with Gasteiger partial charge in [0.1, 0.15) is 5.75 Å². The summed E-state index contributed by atoms with van der Waals surface area (Å²) in [4.78, 5) is 12.3. The van der Waals surface area contributed by atoms with Crippen molar-refractivity contribution in [1.82, 2.24) is 0 Å². The molecule has 90 valence electrons. The molecule has 0 bridgehead atoms. The molecule has 1 aromatic rings. The molecule has 17 heavy (non-hydrogen) atoms. The number of hydrogen-bond donors (Lipinski definition) is 0. The summed E-state index contributed by atoms with van der Waals surface area (Å²) in [5, 5.41) is 0. The van der Waals surface area contributed by atoms with Crippen molar-refractivity contribution in [3.05, 3.63) is 41.5 Å². The molecule has 0 N–H and O–H groups in total. The number of carbonyl (C=O) groups excluding carboxylic acids is 1. The number of rotatable bonds is 4. The zero-order chi connectivity index (χ0) is 12.3. The van der Waals surface area contributed by atoms with E-state index < -0.39 is 0 Å². The van der Waals surface area contributed by atoms with Crippen LogP contribution in [0.5, 0.6) is 5.75 Å². The van der Waals surface area contributed by atoms with E-state index in [2.05, 4.69) is 6.08 Å². The SMILES string of the molecule is CC(C)Oc1ccccc1C(=O)C1=CCCC1. The second-order valence-corrected chi connectivity index (χ2v) is 4.61. The molecule has 2 nitrogen and oxygen atoms in total. The molecule has 0 spiro atoms. The number of ether oxygens (including phenoxy) is 1. The lowest BCUT2D eigenvalue weighted by Gasteiger charge is -2.13. The molecule has 1 aliphatic carbocycles. The van der Waals surface area contributed by atoms with Crippen molar-refractivity contribution < 1.29 is 9.53 Å². The van der Waals surface area contributed by atoms with Crippen LogP contribution in [0.1, 0.15) is 43.5 Å². The summed E-state index contributed by atoms with van der Waals surface area (Å²) < 4.78 is 5.68. The minimum Gasteiger partial charge on any atom is -0.490 e. The third-order valence-electron chi connectivity index (χ3n) is 2.83. The zero-order valence-corrected chi connectivity index (χ0v) is 10.4. The molecule has 1 aliphatic rings. The molecule has 1 aromatic carbocycles. The van der Waals surface area contributed by atoms with E-state index in [4.69, 9.17) is 4.74 Å². The predicted molar refractivity (Wildman–Crippen MR) is 68.5 cm³/mol. The summed E-state index contributed by atoms with van der Waals surface area (Å²) in [5.41, 5.74) is 1.62. The lowest BCUT2D eigenvalue weighted by molar-refractivity contribution is 0.102. The highest BCUT2D eigenvalue weighted by atomic mass is 16.5. The first-order valence-corrected chi connectivity index (χ1v) is 6.18. The Hall–Kier alpha value is -1.57. The maximum absolute atomic E-state index is 12.3. The number of allylic oxidation sites excluding steroid dienone is 2. The van der Waals surface area contributed by atoms with Crippen LogP contribution in [0.3, 0.4) is 0 Å². The standard InChI is InChI=1S/C15H18O2/c1-11(2)17-14-10-6-5-9-13(14)15(16)12-7-3-4-8-12/h5-7,9-11H,3-4,8H2,1-2H3. The van der Waals surface area contributed by atoms with Gasteiger partial charge in [-0.3, -0.25) is 4.79 Å². The molecular formula is C15H18O2. The van der Waals surface area contributed by atoms with Gasteiger partial charge in [0.2, 0.25) is 0 Å². The van der Waals surface area contributed by atoms with E-state index >= 15 is 0 Å². The minimum atomic E-state index is 0.0847. The summed E-state index contributed by atoms with van der Waals surface area (Å²) >= 11 is 0. The van der Waals surface area contributed by atoms with Crippen LogP contribution in [0, 0.1) is 0 Å². The molecule has 0 aliphatic heterocycles. The Labute approximate surface area is 102 Å². The Bertz CT molecular complexity index is 444. The van der Waals surface area contributed by atoms with Crippen molar-refractivity contribution >= 4 is 5.78 Å². The van der Waals surface area contributed by atoms with Gasteiger partial charge in [-0.1, -0.05) is 18.2 Å². The zero-order valence-electron chi connectivity index (χ0n) is 10.4. The van der Waals surface area contributed by atoms with Gasteiger partial charge in [-0.15, -0.1) is 0 Å². The summed E-state index contributed by atoms with van der Waals surface area (Å²) in [6, 6.07) is 7.50. The minimum absolute atomic E-state index is 0.0847. The molecule has 0 saturated carbocycles. The quantitative estimate of drug-likeness (QED) is 0.736. The second kappa shape index (κ2) is 5.17. The Morgan fingerprint density at radius 1 is 1.29 bits per heavy atom. The van der Waals surface area contributed by atoms with Crippen molar-refractivity contribution in [2.45, 2.75) is 39.2 Å².